The molecule has 25 heavy (non-hydrogen) atoms. The number of halogens is 1. The highest BCUT2D eigenvalue weighted by Crippen LogP contribution is 2.22. The fourth-order valence-electron chi connectivity index (χ4n) is 3.26. The van der Waals surface area contributed by atoms with E-state index in [1.54, 1.807) is 0 Å². The highest BCUT2D eigenvalue weighted by Gasteiger charge is 2.25. The van der Waals surface area contributed by atoms with Crippen LogP contribution in [0.2, 0.25) is 0 Å². The number of rotatable bonds is 4. The Labute approximate surface area is 148 Å². The van der Waals surface area contributed by atoms with Gasteiger partial charge in [0.25, 0.3) is 0 Å². The van der Waals surface area contributed by atoms with Crippen molar-refractivity contribution in [2.24, 2.45) is 5.92 Å². The number of amides is 1. The van der Waals surface area contributed by atoms with Crippen molar-refractivity contribution in [2.45, 2.75) is 33.2 Å². The number of hydrogen-bond donors (Lipinski definition) is 1. The Bertz CT molecular complexity index is 734. The van der Waals surface area contributed by atoms with E-state index >= 15 is 0 Å². The predicted molar refractivity (Wildman–Crippen MR) is 98.9 cm³/mol. The van der Waals surface area contributed by atoms with E-state index in [1.807, 2.05) is 30.3 Å². The van der Waals surface area contributed by atoms with Gasteiger partial charge in [0, 0.05) is 18.2 Å². The Balaban J connectivity index is 1.50. The summed E-state index contributed by atoms with van der Waals surface area (Å²) in [6, 6.07) is 12.7. The van der Waals surface area contributed by atoms with Crippen LogP contribution >= 0.6 is 0 Å². The standard InChI is InChI=1S/C21H25FN2O/c1-15-3-8-20(13-16(15)2)23-21(25)18-9-11-24(12-10-18)14-17-4-6-19(22)7-5-17/h3-8,13,18H,9-12,14H2,1-2H3,(H,23,25). The summed E-state index contributed by atoms with van der Waals surface area (Å²) in [7, 11) is 0. The smallest absolute Gasteiger partial charge is 0.227 e. The minimum atomic E-state index is -0.203. The number of piperidine rings is 1. The van der Waals surface area contributed by atoms with Gasteiger partial charge in [-0.2, -0.15) is 0 Å². The fraction of sp³-hybridized carbons (Fsp3) is 0.381. The molecule has 1 aliphatic heterocycles. The van der Waals surface area contributed by atoms with E-state index in [4.69, 9.17) is 0 Å². The summed E-state index contributed by atoms with van der Waals surface area (Å²) in [5.74, 6) is -0.0266. The molecule has 0 saturated carbocycles. The van der Waals surface area contributed by atoms with E-state index < -0.39 is 0 Å². The van der Waals surface area contributed by atoms with Crippen LogP contribution in [-0.2, 0) is 11.3 Å². The zero-order chi connectivity index (χ0) is 17.8. The third-order valence-electron chi connectivity index (χ3n) is 5.05. The molecule has 1 heterocycles. The third-order valence-corrected chi connectivity index (χ3v) is 5.05. The molecular formula is C21H25FN2O. The van der Waals surface area contributed by atoms with Crippen molar-refractivity contribution in [2.75, 3.05) is 18.4 Å². The highest BCUT2D eigenvalue weighted by molar-refractivity contribution is 5.92. The lowest BCUT2D eigenvalue weighted by atomic mass is 9.95. The molecule has 1 fully saturated rings. The number of carbonyl (C=O) groups excluding carboxylic acids is 1. The Morgan fingerprint density at radius 2 is 1.76 bits per heavy atom. The topological polar surface area (TPSA) is 32.3 Å². The fourth-order valence-corrected chi connectivity index (χ4v) is 3.26. The SMILES string of the molecule is Cc1ccc(NC(=O)C2CCN(Cc3ccc(F)cc3)CC2)cc1C. The lowest BCUT2D eigenvalue weighted by molar-refractivity contribution is -0.121. The van der Waals surface area contributed by atoms with E-state index in [-0.39, 0.29) is 17.6 Å². The number of carbonyl (C=O) groups is 1. The van der Waals surface area contributed by atoms with Gasteiger partial charge in [0.15, 0.2) is 0 Å². The number of benzene rings is 2. The van der Waals surface area contributed by atoms with Crippen molar-refractivity contribution in [3.63, 3.8) is 0 Å². The van der Waals surface area contributed by atoms with Gasteiger partial charge in [-0.1, -0.05) is 18.2 Å². The van der Waals surface area contributed by atoms with Gasteiger partial charge < -0.3 is 5.32 Å². The maximum Gasteiger partial charge on any atom is 0.227 e. The summed E-state index contributed by atoms with van der Waals surface area (Å²) < 4.78 is 13.0. The first-order valence-corrected chi connectivity index (χ1v) is 8.86. The van der Waals surface area contributed by atoms with Crippen LogP contribution in [0, 0.1) is 25.6 Å². The number of anilines is 1. The molecule has 132 valence electrons. The average Bonchev–Trinajstić information content (AvgIpc) is 2.61. The second kappa shape index (κ2) is 7.79. The molecular weight excluding hydrogens is 315 g/mol. The number of nitrogens with one attached hydrogen (secondary N) is 1. The van der Waals surface area contributed by atoms with Crippen molar-refractivity contribution in [1.29, 1.82) is 0 Å². The first-order chi connectivity index (χ1) is 12.0. The first-order valence-electron chi connectivity index (χ1n) is 8.86. The van der Waals surface area contributed by atoms with Crippen molar-refractivity contribution < 1.29 is 9.18 Å². The first kappa shape index (κ1) is 17.6. The minimum absolute atomic E-state index is 0.0612. The largest absolute Gasteiger partial charge is 0.326 e. The second-order valence-corrected chi connectivity index (χ2v) is 6.97. The van der Waals surface area contributed by atoms with Crippen molar-refractivity contribution in [3.8, 4) is 0 Å². The van der Waals surface area contributed by atoms with Gasteiger partial charge in [0.1, 0.15) is 5.82 Å². The quantitative estimate of drug-likeness (QED) is 0.900. The molecule has 0 spiro atoms. The molecule has 0 unspecified atom stereocenters. The van der Waals surface area contributed by atoms with E-state index in [0.717, 1.165) is 43.7 Å². The van der Waals surface area contributed by atoms with Crippen LogP contribution < -0.4 is 5.32 Å². The monoisotopic (exact) mass is 340 g/mol. The maximum absolute atomic E-state index is 13.0. The third kappa shape index (κ3) is 4.67. The molecule has 1 aliphatic rings. The zero-order valence-electron chi connectivity index (χ0n) is 14.9. The molecule has 0 radical (unpaired) electrons. The van der Waals surface area contributed by atoms with Crippen LogP contribution in [0.1, 0.15) is 29.5 Å². The van der Waals surface area contributed by atoms with Gasteiger partial charge >= 0.3 is 0 Å². The number of hydrogen-bond acceptors (Lipinski definition) is 2. The highest BCUT2D eigenvalue weighted by atomic mass is 19.1. The van der Waals surface area contributed by atoms with E-state index in [1.165, 1.54) is 23.3 Å². The van der Waals surface area contributed by atoms with Crippen LogP contribution in [0.15, 0.2) is 42.5 Å². The van der Waals surface area contributed by atoms with Gasteiger partial charge in [0.2, 0.25) is 5.91 Å². The molecule has 0 aromatic heterocycles. The molecule has 3 nitrogen and oxygen atoms in total. The summed E-state index contributed by atoms with van der Waals surface area (Å²) in [6.07, 6.45) is 1.72. The summed E-state index contributed by atoms with van der Waals surface area (Å²) >= 11 is 0. The molecule has 0 bridgehead atoms. The van der Waals surface area contributed by atoms with Gasteiger partial charge in [-0.15, -0.1) is 0 Å². The van der Waals surface area contributed by atoms with Crippen LogP contribution in [-0.4, -0.2) is 23.9 Å². The second-order valence-electron chi connectivity index (χ2n) is 6.97. The van der Waals surface area contributed by atoms with Gasteiger partial charge in [-0.3, -0.25) is 9.69 Å². The van der Waals surface area contributed by atoms with Crippen LogP contribution in [0.25, 0.3) is 0 Å². The normalized spacial score (nSPS) is 16.0. The summed E-state index contributed by atoms with van der Waals surface area (Å²) in [5, 5.41) is 3.05. The molecule has 0 aliphatic carbocycles. The van der Waals surface area contributed by atoms with Crippen molar-refractivity contribution >= 4 is 11.6 Å². The number of nitrogens with zero attached hydrogens (tertiary/aromatic N) is 1. The Kier molecular flexibility index (Phi) is 5.49. The summed E-state index contributed by atoms with van der Waals surface area (Å²) in [6.45, 7) is 6.72. The van der Waals surface area contributed by atoms with Gasteiger partial charge in [0.05, 0.1) is 0 Å². The average molecular weight is 340 g/mol. The Morgan fingerprint density at radius 1 is 1.08 bits per heavy atom. The van der Waals surface area contributed by atoms with Gasteiger partial charge in [-0.25, -0.2) is 4.39 Å². The summed E-state index contributed by atoms with van der Waals surface area (Å²) in [5.41, 5.74) is 4.40. The molecule has 0 atom stereocenters. The number of aryl methyl sites for hydroxylation is 2. The van der Waals surface area contributed by atoms with Crippen LogP contribution in [0.3, 0.4) is 0 Å². The molecule has 1 saturated heterocycles. The minimum Gasteiger partial charge on any atom is -0.326 e. The van der Waals surface area contributed by atoms with Crippen molar-refractivity contribution in [1.82, 2.24) is 4.90 Å². The lowest BCUT2D eigenvalue weighted by Crippen LogP contribution is -2.37. The maximum atomic E-state index is 13.0. The molecule has 1 N–H and O–H groups in total. The van der Waals surface area contributed by atoms with E-state index in [0.29, 0.717) is 0 Å². The molecule has 1 amide bonds. The van der Waals surface area contributed by atoms with E-state index in [2.05, 4.69) is 24.1 Å². The Hall–Kier alpha value is -2.20. The van der Waals surface area contributed by atoms with E-state index in [9.17, 15) is 9.18 Å². The molecule has 2 aromatic rings. The van der Waals surface area contributed by atoms with Gasteiger partial charge in [-0.05, 0) is 80.7 Å². The molecule has 2 aromatic carbocycles. The molecule has 4 heteroatoms. The van der Waals surface area contributed by atoms with Crippen LogP contribution in [0.5, 0.6) is 0 Å². The lowest BCUT2D eigenvalue weighted by Gasteiger charge is -2.31. The number of likely N-dealkylation sites (tertiary alicyclic amines) is 1. The Morgan fingerprint density at radius 3 is 2.40 bits per heavy atom. The summed E-state index contributed by atoms with van der Waals surface area (Å²) in [4.78, 5) is 14.8. The van der Waals surface area contributed by atoms with Crippen LogP contribution in [0.4, 0.5) is 10.1 Å². The zero-order valence-corrected chi connectivity index (χ0v) is 14.9. The molecule has 3 rings (SSSR count). The van der Waals surface area contributed by atoms with Crippen molar-refractivity contribution in [3.05, 3.63) is 65.0 Å². The predicted octanol–water partition coefficient (Wildman–Crippen LogP) is 4.29.